The lowest BCUT2D eigenvalue weighted by Gasteiger charge is -2.15. The molecule has 1 saturated carbocycles. The van der Waals surface area contributed by atoms with Crippen molar-refractivity contribution in [1.82, 2.24) is 5.32 Å². The van der Waals surface area contributed by atoms with Crippen LogP contribution in [0.5, 0.6) is 0 Å². The molecule has 1 amide bonds. The number of carbonyl (C=O) groups excluding carboxylic acids is 1. The number of aliphatic hydroxyl groups is 1. The van der Waals surface area contributed by atoms with E-state index in [-0.39, 0.29) is 12.6 Å². The standard InChI is InChI=1S/C8H14ClNO3/c9-4-5-13-8(12)10-6-2-1-3-7(6)11/h6-7,11H,1-5H2,(H,10,12). The number of carbonyl (C=O) groups is 1. The van der Waals surface area contributed by atoms with Crippen molar-refractivity contribution >= 4 is 17.7 Å². The van der Waals surface area contributed by atoms with E-state index >= 15 is 0 Å². The number of amides is 1. The molecule has 0 spiro atoms. The van der Waals surface area contributed by atoms with Crippen LogP contribution in [0.15, 0.2) is 0 Å². The number of alkyl carbamates (subject to hydrolysis) is 1. The summed E-state index contributed by atoms with van der Waals surface area (Å²) in [7, 11) is 0. The molecule has 0 aromatic heterocycles. The zero-order chi connectivity index (χ0) is 9.68. The molecule has 1 aliphatic rings. The summed E-state index contributed by atoms with van der Waals surface area (Å²) in [5.74, 6) is 0.292. The van der Waals surface area contributed by atoms with Crippen molar-refractivity contribution in [3.63, 3.8) is 0 Å². The lowest BCUT2D eigenvalue weighted by molar-refractivity contribution is 0.121. The van der Waals surface area contributed by atoms with Crippen LogP contribution in [-0.2, 0) is 4.74 Å². The zero-order valence-electron chi connectivity index (χ0n) is 7.33. The molecule has 0 saturated heterocycles. The molecule has 0 aliphatic heterocycles. The Balaban J connectivity index is 2.19. The maximum Gasteiger partial charge on any atom is 0.407 e. The van der Waals surface area contributed by atoms with Crippen LogP contribution in [0, 0.1) is 0 Å². The second-order valence-electron chi connectivity index (χ2n) is 3.07. The van der Waals surface area contributed by atoms with E-state index in [0.717, 1.165) is 19.3 Å². The number of rotatable bonds is 3. The van der Waals surface area contributed by atoms with Gasteiger partial charge in [-0.25, -0.2) is 4.79 Å². The Morgan fingerprint density at radius 1 is 1.62 bits per heavy atom. The first-order chi connectivity index (χ1) is 6.24. The van der Waals surface area contributed by atoms with E-state index in [1.807, 2.05) is 0 Å². The summed E-state index contributed by atoms with van der Waals surface area (Å²) in [5, 5.41) is 12.0. The van der Waals surface area contributed by atoms with Crippen molar-refractivity contribution in [2.24, 2.45) is 0 Å². The Hall–Kier alpha value is -0.480. The van der Waals surface area contributed by atoms with Gasteiger partial charge in [-0.3, -0.25) is 0 Å². The summed E-state index contributed by atoms with van der Waals surface area (Å²) in [6.45, 7) is 0.205. The summed E-state index contributed by atoms with van der Waals surface area (Å²) in [6.07, 6.45) is 1.59. The Kier molecular flexibility index (Phi) is 4.32. The summed E-state index contributed by atoms with van der Waals surface area (Å²) in [4.78, 5) is 11.0. The summed E-state index contributed by atoms with van der Waals surface area (Å²) >= 11 is 5.34. The van der Waals surface area contributed by atoms with Crippen molar-refractivity contribution in [2.45, 2.75) is 31.4 Å². The van der Waals surface area contributed by atoms with Gasteiger partial charge in [0, 0.05) is 0 Å². The van der Waals surface area contributed by atoms with Crippen molar-refractivity contribution in [2.75, 3.05) is 12.5 Å². The van der Waals surface area contributed by atoms with Crippen LogP contribution in [0.4, 0.5) is 4.79 Å². The van der Waals surface area contributed by atoms with Crippen LogP contribution in [0.2, 0.25) is 0 Å². The van der Waals surface area contributed by atoms with Gasteiger partial charge in [0.05, 0.1) is 18.0 Å². The summed E-state index contributed by atoms with van der Waals surface area (Å²) in [6, 6.07) is -0.150. The minimum atomic E-state index is -0.494. The van der Waals surface area contributed by atoms with Crippen molar-refractivity contribution in [3.05, 3.63) is 0 Å². The van der Waals surface area contributed by atoms with Gasteiger partial charge >= 0.3 is 6.09 Å². The van der Waals surface area contributed by atoms with E-state index in [1.54, 1.807) is 0 Å². The average Bonchev–Trinajstić information content (AvgIpc) is 2.48. The van der Waals surface area contributed by atoms with E-state index in [0.29, 0.717) is 5.88 Å². The number of halogens is 1. The van der Waals surface area contributed by atoms with Crippen LogP contribution in [0.1, 0.15) is 19.3 Å². The first-order valence-electron chi connectivity index (χ1n) is 4.41. The number of ether oxygens (including phenoxy) is 1. The number of hydrogen-bond acceptors (Lipinski definition) is 3. The van der Waals surface area contributed by atoms with E-state index in [1.165, 1.54) is 0 Å². The molecule has 0 heterocycles. The molecular weight excluding hydrogens is 194 g/mol. The lowest BCUT2D eigenvalue weighted by Crippen LogP contribution is -2.40. The molecule has 2 unspecified atom stereocenters. The Labute approximate surface area is 82.2 Å². The first kappa shape index (κ1) is 10.6. The van der Waals surface area contributed by atoms with Gasteiger partial charge in [0.25, 0.3) is 0 Å². The van der Waals surface area contributed by atoms with Crippen molar-refractivity contribution in [3.8, 4) is 0 Å². The van der Waals surface area contributed by atoms with Crippen LogP contribution < -0.4 is 5.32 Å². The minimum absolute atomic E-state index is 0.150. The van der Waals surface area contributed by atoms with Crippen molar-refractivity contribution in [1.29, 1.82) is 0 Å². The van der Waals surface area contributed by atoms with Crippen LogP contribution in [0.3, 0.4) is 0 Å². The zero-order valence-corrected chi connectivity index (χ0v) is 8.09. The molecule has 76 valence electrons. The maximum absolute atomic E-state index is 11.0. The number of hydrogen-bond donors (Lipinski definition) is 2. The number of nitrogens with one attached hydrogen (secondary N) is 1. The monoisotopic (exact) mass is 207 g/mol. The normalized spacial score (nSPS) is 27.2. The Bertz CT molecular complexity index is 177. The van der Waals surface area contributed by atoms with E-state index in [4.69, 9.17) is 16.3 Å². The number of aliphatic hydroxyl groups excluding tert-OH is 1. The van der Waals surface area contributed by atoms with Gasteiger partial charge in [-0.15, -0.1) is 11.6 Å². The molecule has 0 radical (unpaired) electrons. The summed E-state index contributed by atoms with van der Waals surface area (Å²) < 4.78 is 4.71. The highest BCUT2D eigenvalue weighted by Gasteiger charge is 2.26. The minimum Gasteiger partial charge on any atom is -0.448 e. The fourth-order valence-electron chi connectivity index (χ4n) is 1.43. The van der Waals surface area contributed by atoms with E-state index < -0.39 is 12.2 Å². The molecule has 1 fully saturated rings. The van der Waals surface area contributed by atoms with Gasteiger partial charge in [-0.1, -0.05) is 0 Å². The third kappa shape index (κ3) is 3.40. The van der Waals surface area contributed by atoms with Gasteiger partial charge in [0.2, 0.25) is 0 Å². The fourth-order valence-corrected chi connectivity index (χ4v) is 1.51. The molecule has 5 heteroatoms. The molecule has 0 bridgehead atoms. The predicted octanol–water partition coefficient (Wildman–Crippen LogP) is 0.865. The molecule has 2 atom stereocenters. The van der Waals surface area contributed by atoms with Crippen LogP contribution in [-0.4, -0.2) is 35.8 Å². The highest BCUT2D eigenvalue weighted by atomic mass is 35.5. The van der Waals surface area contributed by atoms with Gasteiger partial charge in [0.15, 0.2) is 0 Å². The Morgan fingerprint density at radius 3 is 2.92 bits per heavy atom. The fraction of sp³-hybridized carbons (Fsp3) is 0.875. The van der Waals surface area contributed by atoms with Gasteiger partial charge < -0.3 is 15.2 Å². The lowest BCUT2D eigenvalue weighted by atomic mass is 10.2. The van der Waals surface area contributed by atoms with Gasteiger partial charge in [0.1, 0.15) is 6.61 Å². The summed E-state index contributed by atoms with van der Waals surface area (Å²) in [5.41, 5.74) is 0. The van der Waals surface area contributed by atoms with Crippen LogP contribution in [0.25, 0.3) is 0 Å². The Morgan fingerprint density at radius 2 is 2.38 bits per heavy atom. The third-order valence-electron chi connectivity index (χ3n) is 2.09. The van der Waals surface area contributed by atoms with E-state index in [9.17, 15) is 9.90 Å². The average molecular weight is 208 g/mol. The smallest absolute Gasteiger partial charge is 0.407 e. The SMILES string of the molecule is O=C(NC1CCCC1O)OCCCl. The molecule has 0 aromatic carbocycles. The molecule has 13 heavy (non-hydrogen) atoms. The highest BCUT2D eigenvalue weighted by molar-refractivity contribution is 6.18. The predicted molar refractivity (Wildman–Crippen MR) is 48.8 cm³/mol. The quantitative estimate of drug-likeness (QED) is 0.675. The second kappa shape index (κ2) is 5.29. The molecule has 1 rings (SSSR count). The molecular formula is C8H14ClNO3. The maximum atomic E-state index is 11.0. The third-order valence-corrected chi connectivity index (χ3v) is 2.25. The largest absolute Gasteiger partial charge is 0.448 e. The number of alkyl halides is 1. The van der Waals surface area contributed by atoms with Gasteiger partial charge in [-0.2, -0.15) is 0 Å². The topological polar surface area (TPSA) is 58.6 Å². The molecule has 2 N–H and O–H groups in total. The van der Waals surface area contributed by atoms with Gasteiger partial charge in [-0.05, 0) is 19.3 Å². The molecule has 1 aliphatic carbocycles. The first-order valence-corrected chi connectivity index (χ1v) is 4.95. The highest BCUT2D eigenvalue weighted by Crippen LogP contribution is 2.18. The van der Waals surface area contributed by atoms with Crippen molar-refractivity contribution < 1.29 is 14.6 Å². The molecule has 4 nitrogen and oxygen atoms in total. The van der Waals surface area contributed by atoms with E-state index in [2.05, 4.69) is 5.32 Å². The second-order valence-corrected chi connectivity index (χ2v) is 3.45. The molecule has 0 aromatic rings. The van der Waals surface area contributed by atoms with Crippen LogP contribution >= 0.6 is 11.6 Å².